The van der Waals surface area contributed by atoms with Crippen molar-refractivity contribution in [1.29, 1.82) is 0 Å². The van der Waals surface area contributed by atoms with Gasteiger partial charge in [0.1, 0.15) is 5.75 Å². The number of carbonyl (C=O) groups is 3. The van der Waals surface area contributed by atoms with Crippen molar-refractivity contribution < 1.29 is 29.3 Å². The summed E-state index contributed by atoms with van der Waals surface area (Å²) in [5.74, 6) is -3.89. The number of carbonyl (C=O) groups excluding carboxylic acids is 2. The van der Waals surface area contributed by atoms with Crippen molar-refractivity contribution >= 4 is 28.6 Å². The van der Waals surface area contributed by atoms with Gasteiger partial charge in [-0.15, -0.1) is 0 Å². The van der Waals surface area contributed by atoms with Crippen molar-refractivity contribution in [2.24, 2.45) is 11.8 Å². The van der Waals surface area contributed by atoms with Gasteiger partial charge in [0.05, 0.1) is 25.6 Å². The topological polar surface area (TPSA) is 116 Å². The molecule has 4 rings (SSSR count). The molecule has 2 fully saturated rings. The van der Waals surface area contributed by atoms with Crippen LogP contribution in [0.3, 0.4) is 0 Å². The summed E-state index contributed by atoms with van der Waals surface area (Å²) in [4.78, 5) is 40.3. The molecule has 2 heterocycles. The molecular formula is C23H26N2O6. The normalized spacial score (nSPS) is 28.3. The first-order chi connectivity index (χ1) is 14.6. The Kier molecular flexibility index (Phi) is 4.83. The predicted octanol–water partition coefficient (Wildman–Crippen LogP) is 1.71. The molecule has 2 aromatic rings. The van der Waals surface area contributed by atoms with Crippen LogP contribution in [0.15, 0.2) is 36.4 Å². The number of rotatable bonds is 4. The summed E-state index contributed by atoms with van der Waals surface area (Å²) in [6, 6.07) is 10.2. The van der Waals surface area contributed by atoms with Crippen LogP contribution in [0.4, 0.5) is 0 Å². The summed E-state index contributed by atoms with van der Waals surface area (Å²) in [7, 11) is 1.56. The van der Waals surface area contributed by atoms with Gasteiger partial charge in [-0.3, -0.25) is 24.6 Å². The van der Waals surface area contributed by atoms with Crippen LogP contribution in [0.5, 0.6) is 5.75 Å². The van der Waals surface area contributed by atoms with E-state index < -0.39 is 53.3 Å². The van der Waals surface area contributed by atoms with Crippen LogP contribution < -0.4 is 10.1 Å². The SMILES string of the molecule is COc1ccc(C2NC(CO)(C(=O)O)C3C(=O)N(C(C)(C)C)C(=O)C23)c2ccccc12. The highest BCUT2D eigenvalue weighted by atomic mass is 16.5. The Morgan fingerprint density at radius 2 is 1.77 bits per heavy atom. The van der Waals surface area contributed by atoms with Gasteiger partial charge in [0, 0.05) is 17.0 Å². The maximum atomic E-state index is 13.5. The van der Waals surface area contributed by atoms with E-state index >= 15 is 0 Å². The zero-order chi connectivity index (χ0) is 22.7. The van der Waals surface area contributed by atoms with Crippen LogP contribution in [0.2, 0.25) is 0 Å². The molecule has 3 N–H and O–H groups in total. The molecule has 8 heteroatoms. The van der Waals surface area contributed by atoms with Gasteiger partial charge >= 0.3 is 5.97 Å². The number of hydrogen-bond donors (Lipinski definition) is 3. The molecule has 0 aliphatic carbocycles. The maximum Gasteiger partial charge on any atom is 0.327 e. The van der Waals surface area contributed by atoms with Crippen LogP contribution in [0, 0.1) is 11.8 Å². The fraction of sp³-hybridized carbons (Fsp3) is 0.435. The van der Waals surface area contributed by atoms with Crippen molar-refractivity contribution in [2.75, 3.05) is 13.7 Å². The highest BCUT2D eigenvalue weighted by Gasteiger charge is 2.69. The van der Waals surface area contributed by atoms with Crippen LogP contribution in [-0.4, -0.2) is 57.7 Å². The molecule has 164 valence electrons. The lowest BCUT2D eigenvalue weighted by atomic mass is 9.79. The minimum Gasteiger partial charge on any atom is -0.496 e. The average molecular weight is 426 g/mol. The third-order valence-corrected chi connectivity index (χ3v) is 6.43. The number of imide groups is 1. The molecule has 0 spiro atoms. The van der Waals surface area contributed by atoms with Gasteiger partial charge in [0.15, 0.2) is 5.54 Å². The Morgan fingerprint density at radius 3 is 2.32 bits per heavy atom. The van der Waals surface area contributed by atoms with E-state index in [1.807, 2.05) is 24.3 Å². The van der Waals surface area contributed by atoms with E-state index in [9.17, 15) is 24.6 Å². The average Bonchev–Trinajstić information content (AvgIpc) is 3.21. The van der Waals surface area contributed by atoms with Gasteiger partial charge in [0.2, 0.25) is 11.8 Å². The zero-order valence-corrected chi connectivity index (χ0v) is 17.9. The zero-order valence-electron chi connectivity index (χ0n) is 17.9. The van der Waals surface area contributed by atoms with E-state index in [0.717, 1.165) is 15.7 Å². The molecule has 31 heavy (non-hydrogen) atoms. The minimum atomic E-state index is -1.96. The summed E-state index contributed by atoms with van der Waals surface area (Å²) < 4.78 is 5.45. The summed E-state index contributed by atoms with van der Waals surface area (Å²) in [5, 5.41) is 24.7. The van der Waals surface area contributed by atoms with Crippen LogP contribution >= 0.6 is 0 Å². The van der Waals surface area contributed by atoms with E-state index in [1.165, 1.54) is 0 Å². The Hall–Kier alpha value is -2.97. The lowest BCUT2D eigenvalue weighted by Crippen LogP contribution is -2.59. The third kappa shape index (κ3) is 2.85. The first kappa shape index (κ1) is 21.3. The fourth-order valence-corrected chi connectivity index (χ4v) is 5.09. The first-order valence-electron chi connectivity index (χ1n) is 10.1. The van der Waals surface area contributed by atoms with Gasteiger partial charge in [-0.05, 0) is 37.8 Å². The first-order valence-corrected chi connectivity index (χ1v) is 10.1. The largest absolute Gasteiger partial charge is 0.496 e. The van der Waals surface area contributed by atoms with Crippen molar-refractivity contribution in [3.05, 3.63) is 42.0 Å². The number of nitrogens with one attached hydrogen (secondary N) is 1. The summed E-state index contributed by atoms with van der Waals surface area (Å²) in [6.07, 6.45) is 0. The number of nitrogens with zero attached hydrogens (tertiary/aromatic N) is 1. The lowest BCUT2D eigenvalue weighted by molar-refractivity contribution is -0.155. The van der Waals surface area contributed by atoms with Crippen molar-refractivity contribution in [3.8, 4) is 5.75 Å². The van der Waals surface area contributed by atoms with Gasteiger partial charge < -0.3 is 14.9 Å². The highest BCUT2D eigenvalue weighted by Crippen LogP contribution is 2.51. The summed E-state index contributed by atoms with van der Waals surface area (Å²) in [5.41, 5.74) is -2.09. The molecule has 2 amide bonds. The van der Waals surface area contributed by atoms with Gasteiger partial charge in [-0.1, -0.05) is 30.3 Å². The molecule has 2 saturated heterocycles. The molecule has 2 aliphatic heterocycles. The van der Waals surface area contributed by atoms with Gasteiger partial charge in [0.25, 0.3) is 0 Å². The number of methoxy groups -OCH3 is 1. The number of benzene rings is 2. The van der Waals surface area contributed by atoms with Crippen molar-refractivity contribution in [1.82, 2.24) is 10.2 Å². The Balaban J connectivity index is 1.95. The summed E-state index contributed by atoms with van der Waals surface area (Å²) >= 11 is 0. The second-order valence-corrected chi connectivity index (χ2v) is 9.15. The van der Waals surface area contributed by atoms with Gasteiger partial charge in [-0.2, -0.15) is 0 Å². The number of hydrogen-bond acceptors (Lipinski definition) is 6. The number of carboxylic acid groups (broad SMARTS) is 1. The Bertz CT molecular complexity index is 1090. The molecule has 0 aromatic heterocycles. The maximum absolute atomic E-state index is 13.5. The third-order valence-electron chi connectivity index (χ3n) is 6.43. The number of fused-ring (bicyclic) bond motifs is 2. The Morgan fingerprint density at radius 1 is 1.13 bits per heavy atom. The molecule has 0 saturated carbocycles. The molecule has 2 aromatic carbocycles. The molecule has 4 atom stereocenters. The number of carboxylic acids is 1. The molecule has 8 nitrogen and oxygen atoms in total. The molecule has 4 unspecified atom stereocenters. The summed E-state index contributed by atoms with van der Waals surface area (Å²) in [6.45, 7) is 4.38. The fourth-order valence-electron chi connectivity index (χ4n) is 5.09. The number of aliphatic carboxylic acids is 1. The van der Waals surface area contributed by atoms with Crippen molar-refractivity contribution in [2.45, 2.75) is 37.9 Å². The van der Waals surface area contributed by atoms with E-state index in [2.05, 4.69) is 5.32 Å². The number of amides is 2. The molecule has 0 radical (unpaired) electrons. The Labute approximate surface area is 179 Å². The predicted molar refractivity (Wildman–Crippen MR) is 112 cm³/mol. The van der Waals surface area contributed by atoms with E-state index in [-0.39, 0.29) is 0 Å². The van der Waals surface area contributed by atoms with Crippen molar-refractivity contribution in [3.63, 3.8) is 0 Å². The quantitative estimate of drug-likeness (QED) is 0.638. The lowest BCUT2D eigenvalue weighted by Gasteiger charge is -2.34. The highest BCUT2D eigenvalue weighted by molar-refractivity contribution is 6.10. The van der Waals surface area contributed by atoms with Crippen LogP contribution in [-0.2, 0) is 14.4 Å². The number of aliphatic hydroxyl groups is 1. The van der Waals surface area contributed by atoms with Crippen LogP contribution in [0.1, 0.15) is 32.4 Å². The smallest absolute Gasteiger partial charge is 0.327 e. The van der Waals surface area contributed by atoms with E-state index in [0.29, 0.717) is 11.3 Å². The second kappa shape index (κ2) is 7.03. The number of likely N-dealkylation sites (tertiary alicyclic amines) is 1. The van der Waals surface area contributed by atoms with E-state index in [4.69, 9.17) is 4.74 Å². The minimum absolute atomic E-state index is 0.434. The van der Waals surface area contributed by atoms with Gasteiger partial charge in [-0.25, -0.2) is 0 Å². The van der Waals surface area contributed by atoms with E-state index in [1.54, 1.807) is 40.0 Å². The second-order valence-electron chi connectivity index (χ2n) is 9.15. The molecule has 0 bridgehead atoms. The van der Waals surface area contributed by atoms with Crippen LogP contribution in [0.25, 0.3) is 10.8 Å². The standard InChI is InChI=1S/C23H26N2O6/c1-22(2,3)25-19(27)16-17(20(25)28)23(11-26,21(29)30)24-18(16)14-9-10-15(31-4)13-8-6-5-7-12(13)14/h5-10,16-18,24,26H,11H2,1-4H3,(H,29,30). The molecular weight excluding hydrogens is 400 g/mol. The number of ether oxygens (including phenoxy) is 1. The monoisotopic (exact) mass is 426 g/mol. The molecule has 2 aliphatic rings. The number of aliphatic hydroxyl groups excluding tert-OH is 1.